The molecule has 9 heteroatoms. The molecule has 3 aromatic heterocycles. The molecule has 0 spiro atoms. The Morgan fingerprint density at radius 2 is 2.08 bits per heavy atom. The van der Waals surface area contributed by atoms with Gasteiger partial charge in [-0.1, -0.05) is 17.7 Å². The van der Waals surface area contributed by atoms with E-state index in [2.05, 4.69) is 15.2 Å². The molecule has 0 saturated heterocycles. The minimum absolute atomic E-state index is 0.0258. The van der Waals surface area contributed by atoms with E-state index in [9.17, 15) is 9.59 Å². The Hall–Kier alpha value is -3.00. The third-order valence-electron chi connectivity index (χ3n) is 3.69. The van der Waals surface area contributed by atoms with Crippen LogP contribution in [0.1, 0.15) is 11.4 Å². The van der Waals surface area contributed by atoms with Gasteiger partial charge in [-0.3, -0.25) is 14.0 Å². The zero-order chi connectivity index (χ0) is 18.7. The van der Waals surface area contributed by atoms with Crippen molar-refractivity contribution in [1.82, 2.24) is 19.6 Å². The van der Waals surface area contributed by atoms with E-state index in [4.69, 9.17) is 16.3 Å². The molecule has 0 atom stereocenters. The minimum atomic E-state index is -0.476. The number of aromatic nitrogens is 4. The Bertz CT molecular complexity index is 1000. The Balaban J connectivity index is 1.65. The van der Waals surface area contributed by atoms with Crippen LogP contribution in [0.25, 0.3) is 5.65 Å². The highest BCUT2D eigenvalue weighted by molar-refractivity contribution is 6.29. The second kappa shape index (κ2) is 7.49. The number of hydrogen-bond acceptors (Lipinski definition) is 7. The smallest absolute Gasteiger partial charge is 0.325 e. The normalized spacial score (nSPS) is 10.7. The number of esters is 1. The summed E-state index contributed by atoms with van der Waals surface area (Å²) in [5.41, 5.74) is 1.47. The first-order valence-electron chi connectivity index (χ1n) is 7.78. The first-order valence-corrected chi connectivity index (χ1v) is 8.16. The van der Waals surface area contributed by atoms with Gasteiger partial charge in [-0.05, 0) is 31.2 Å². The highest BCUT2D eigenvalue weighted by Gasteiger charge is 2.12. The van der Waals surface area contributed by atoms with Crippen LogP contribution >= 0.6 is 11.6 Å². The first kappa shape index (κ1) is 17.8. The van der Waals surface area contributed by atoms with E-state index in [1.165, 1.54) is 10.5 Å². The summed E-state index contributed by atoms with van der Waals surface area (Å²) in [5.74, 6) is 0.0133. The van der Waals surface area contributed by atoms with Gasteiger partial charge in [0, 0.05) is 18.8 Å². The van der Waals surface area contributed by atoms with Crippen molar-refractivity contribution in [1.29, 1.82) is 0 Å². The molecule has 0 amide bonds. The largest absolute Gasteiger partial charge is 0.458 e. The Morgan fingerprint density at radius 3 is 2.81 bits per heavy atom. The van der Waals surface area contributed by atoms with Crippen LogP contribution in [0.15, 0.2) is 41.2 Å². The zero-order valence-corrected chi connectivity index (χ0v) is 15.0. The Labute approximate surface area is 154 Å². The molecule has 26 heavy (non-hydrogen) atoms. The topological polar surface area (TPSA) is 89.7 Å². The summed E-state index contributed by atoms with van der Waals surface area (Å²) < 4.78 is 6.71. The Kier molecular flexibility index (Phi) is 5.13. The van der Waals surface area contributed by atoms with E-state index in [-0.39, 0.29) is 23.9 Å². The number of nitrogens with zero attached hydrogens (tertiary/aromatic N) is 5. The summed E-state index contributed by atoms with van der Waals surface area (Å²) in [6.45, 7) is 1.71. The predicted molar refractivity (Wildman–Crippen MR) is 96.3 cm³/mol. The van der Waals surface area contributed by atoms with Gasteiger partial charge in [-0.25, -0.2) is 4.98 Å². The van der Waals surface area contributed by atoms with Crippen molar-refractivity contribution in [3.05, 3.63) is 63.3 Å². The molecular weight excluding hydrogens is 358 g/mol. The number of anilines is 1. The summed E-state index contributed by atoms with van der Waals surface area (Å²) in [6.07, 6.45) is 0. The molecule has 0 aliphatic rings. The van der Waals surface area contributed by atoms with E-state index in [0.717, 1.165) is 5.69 Å². The van der Waals surface area contributed by atoms with Crippen molar-refractivity contribution in [2.45, 2.75) is 13.5 Å². The molecule has 0 unspecified atom stereocenters. The number of aryl methyl sites for hydroxylation is 1. The standard InChI is InChI=1S/C17H16ClN5O3/c1-11-4-3-5-14-19-12(8-16(24)23(11)14)10-26-17(25)9-22(2)15-7-6-13(18)20-21-15/h3-8H,9-10H2,1-2H3. The summed E-state index contributed by atoms with van der Waals surface area (Å²) in [6, 6.07) is 9.96. The summed E-state index contributed by atoms with van der Waals surface area (Å²) in [4.78, 5) is 30.2. The van der Waals surface area contributed by atoms with Crippen molar-refractivity contribution in [2.75, 3.05) is 18.5 Å². The number of hydrogen-bond donors (Lipinski definition) is 0. The number of halogens is 1. The number of ether oxygens (including phenoxy) is 1. The van der Waals surface area contributed by atoms with Crippen LogP contribution in [0, 0.1) is 6.92 Å². The monoisotopic (exact) mass is 373 g/mol. The maximum absolute atomic E-state index is 12.2. The molecule has 3 rings (SSSR count). The highest BCUT2D eigenvalue weighted by atomic mass is 35.5. The average Bonchev–Trinajstić information content (AvgIpc) is 2.60. The van der Waals surface area contributed by atoms with Crippen LogP contribution < -0.4 is 10.5 Å². The van der Waals surface area contributed by atoms with Crippen molar-refractivity contribution >= 4 is 29.0 Å². The predicted octanol–water partition coefficient (Wildman–Crippen LogP) is 1.63. The summed E-state index contributed by atoms with van der Waals surface area (Å²) in [5, 5.41) is 7.88. The highest BCUT2D eigenvalue weighted by Crippen LogP contribution is 2.10. The fourth-order valence-corrected chi connectivity index (χ4v) is 2.53. The molecule has 0 saturated carbocycles. The molecule has 134 valence electrons. The van der Waals surface area contributed by atoms with Crippen LogP contribution in [0.5, 0.6) is 0 Å². The summed E-state index contributed by atoms with van der Waals surface area (Å²) >= 11 is 5.69. The minimum Gasteiger partial charge on any atom is -0.458 e. The molecule has 3 aromatic rings. The lowest BCUT2D eigenvalue weighted by Gasteiger charge is -2.16. The SMILES string of the molecule is Cc1cccc2nc(COC(=O)CN(C)c3ccc(Cl)nn3)cc(=O)n12. The van der Waals surface area contributed by atoms with Gasteiger partial charge in [0.2, 0.25) is 0 Å². The molecule has 8 nitrogen and oxygen atoms in total. The van der Waals surface area contributed by atoms with E-state index < -0.39 is 5.97 Å². The number of likely N-dealkylation sites (N-methyl/N-ethyl adjacent to an activating group) is 1. The lowest BCUT2D eigenvalue weighted by molar-refractivity contribution is -0.143. The van der Waals surface area contributed by atoms with Crippen LogP contribution in [0.3, 0.4) is 0 Å². The molecule has 0 aromatic carbocycles. The van der Waals surface area contributed by atoms with E-state index >= 15 is 0 Å². The van der Waals surface area contributed by atoms with E-state index in [0.29, 0.717) is 17.2 Å². The molecule has 0 aliphatic carbocycles. The number of fused-ring (bicyclic) bond motifs is 1. The van der Waals surface area contributed by atoms with Crippen molar-refractivity contribution in [3.8, 4) is 0 Å². The molecule has 0 radical (unpaired) electrons. The van der Waals surface area contributed by atoms with Gasteiger partial charge in [0.05, 0.1) is 5.69 Å². The van der Waals surface area contributed by atoms with Gasteiger partial charge in [0.25, 0.3) is 5.56 Å². The fraction of sp³-hybridized carbons (Fsp3) is 0.235. The average molecular weight is 374 g/mol. The van der Waals surface area contributed by atoms with E-state index in [1.54, 1.807) is 30.1 Å². The number of pyridine rings is 1. The van der Waals surface area contributed by atoms with Gasteiger partial charge in [-0.15, -0.1) is 10.2 Å². The molecule has 0 fully saturated rings. The Morgan fingerprint density at radius 1 is 1.27 bits per heavy atom. The lowest BCUT2D eigenvalue weighted by atomic mass is 10.3. The van der Waals surface area contributed by atoms with Crippen molar-refractivity contribution in [2.24, 2.45) is 0 Å². The molecule has 0 aliphatic heterocycles. The quantitative estimate of drug-likeness (QED) is 0.628. The van der Waals surface area contributed by atoms with Gasteiger partial charge in [0.15, 0.2) is 11.0 Å². The van der Waals surface area contributed by atoms with Gasteiger partial charge in [0.1, 0.15) is 18.8 Å². The third-order valence-corrected chi connectivity index (χ3v) is 3.89. The van der Waals surface area contributed by atoms with Gasteiger partial charge in [-0.2, -0.15) is 0 Å². The van der Waals surface area contributed by atoms with Gasteiger partial charge < -0.3 is 9.64 Å². The maximum Gasteiger partial charge on any atom is 0.325 e. The number of carbonyl (C=O) groups excluding carboxylic acids is 1. The van der Waals surface area contributed by atoms with Crippen molar-refractivity contribution in [3.63, 3.8) is 0 Å². The molecular formula is C17H16ClN5O3. The van der Waals surface area contributed by atoms with Crippen LogP contribution in [-0.4, -0.2) is 39.1 Å². The fourth-order valence-electron chi connectivity index (χ4n) is 2.42. The van der Waals surface area contributed by atoms with E-state index in [1.807, 2.05) is 19.1 Å². The first-order chi connectivity index (χ1) is 12.4. The second-order valence-electron chi connectivity index (χ2n) is 5.68. The lowest BCUT2D eigenvalue weighted by Crippen LogP contribution is -2.28. The van der Waals surface area contributed by atoms with Gasteiger partial charge >= 0.3 is 5.97 Å². The third kappa shape index (κ3) is 3.97. The molecule has 0 N–H and O–H groups in total. The van der Waals surface area contributed by atoms with Crippen molar-refractivity contribution < 1.29 is 9.53 Å². The second-order valence-corrected chi connectivity index (χ2v) is 6.06. The molecule has 0 bridgehead atoms. The van der Waals surface area contributed by atoms with Crippen LogP contribution in [-0.2, 0) is 16.1 Å². The molecule has 3 heterocycles. The van der Waals surface area contributed by atoms with Crippen LogP contribution in [0.4, 0.5) is 5.82 Å². The maximum atomic E-state index is 12.2. The zero-order valence-electron chi connectivity index (χ0n) is 14.2. The van der Waals surface area contributed by atoms with Crippen LogP contribution in [0.2, 0.25) is 5.15 Å². The number of rotatable bonds is 5. The summed E-state index contributed by atoms with van der Waals surface area (Å²) in [7, 11) is 1.68. The number of carbonyl (C=O) groups is 1.